The monoisotopic (exact) mass is 180 g/mol. The van der Waals surface area contributed by atoms with E-state index in [1.54, 1.807) is 6.07 Å². The van der Waals surface area contributed by atoms with E-state index in [4.69, 9.17) is 18.0 Å². The van der Waals surface area contributed by atoms with E-state index in [2.05, 4.69) is 5.92 Å². The van der Waals surface area contributed by atoms with Gasteiger partial charge in [0, 0.05) is 10.6 Å². The molecule has 0 nitrogen and oxygen atoms in total. The van der Waals surface area contributed by atoms with E-state index in [9.17, 15) is 0 Å². The molecule has 0 saturated carbocycles. The molecule has 0 fully saturated rings. The second-order valence-electron chi connectivity index (χ2n) is 2.11. The molecule has 0 unspecified atom stereocenters. The molecule has 1 aromatic rings. The van der Waals surface area contributed by atoms with Gasteiger partial charge in [-0.2, -0.15) is 0 Å². The molecule has 64 valence electrons. The van der Waals surface area contributed by atoms with Gasteiger partial charge in [-0.3, -0.25) is 0 Å². The van der Waals surface area contributed by atoms with Gasteiger partial charge in [0.25, 0.3) is 0 Å². The third-order valence-electron chi connectivity index (χ3n) is 1.34. The molecule has 0 saturated heterocycles. The number of benzene rings is 1. The summed E-state index contributed by atoms with van der Waals surface area (Å²) < 4.78 is 0. The van der Waals surface area contributed by atoms with E-state index in [-0.39, 0.29) is 0 Å². The second-order valence-corrected chi connectivity index (χ2v) is 2.52. The van der Waals surface area contributed by atoms with Crippen molar-refractivity contribution in [3.05, 3.63) is 34.3 Å². The SMILES string of the molecule is C#Cc1ccc(C)c(Cl)c1.CC. The highest BCUT2D eigenvalue weighted by atomic mass is 35.5. The van der Waals surface area contributed by atoms with Crippen LogP contribution >= 0.6 is 11.6 Å². The van der Waals surface area contributed by atoms with Crippen molar-refractivity contribution in [1.29, 1.82) is 0 Å². The Morgan fingerprint density at radius 2 is 1.92 bits per heavy atom. The molecule has 0 radical (unpaired) electrons. The highest BCUT2D eigenvalue weighted by molar-refractivity contribution is 6.31. The fourth-order valence-electron chi connectivity index (χ4n) is 0.683. The predicted molar refractivity (Wildman–Crippen MR) is 55.5 cm³/mol. The summed E-state index contributed by atoms with van der Waals surface area (Å²) in [5.41, 5.74) is 1.89. The Hall–Kier alpha value is -0.930. The van der Waals surface area contributed by atoms with E-state index in [0.29, 0.717) is 0 Å². The van der Waals surface area contributed by atoms with E-state index in [1.165, 1.54) is 0 Å². The molecule has 0 aliphatic heterocycles. The van der Waals surface area contributed by atoms with Crippen LogP contribution in [0.2, 0.25) is 5.02 Å². The highest BCUT2D eigenvalue weighted by Gasteiger charge is 1.93. The normalized spacial score (nSPS) is 7.92. The number of halogens is 1. The van der Waals surface area contributed by atoms with E-state index < -0.39 is 0 Å². The van der Waals surface area contributed by atoms with Gasteiger partial charge in [-0.25, -0.2) is 0 Å². The van der Waals surface area contributed by atoms with Gasteiger partial charge in [0.2, 0.25) is 0 Å². The third kappa shape index (κ3) is 2.98. The predicted octanol–water partition coefficient (Wildman–Crippen LogP) is 3.66. The lowest BCUT2D eigenvalue weighted by atomic mass is 10.2. The number of aryl methyl sites for hydroxylation is 1. The van der Waals surface area contributed by atoms with Crippen LogP contribution in [0.1, 0.15) is 25.0 Å². The fourth-order valence-corrected chi connectivity index (χ4v) is 0.863. The van der Waals surface area contributed by atoms with Crippen LogP contribution < -0.4 is 0 Å². The average molecular weight is 181 g/mol. The Morgan fingerprint density at radius 3 is 2.33 bits per heavy atom. The number of hydrogen-bond donors (Lipinski definition) is 0. The van der Waals surface area contributed by atoms with Crippen LogP contribution in [0, 0.1) is 19.3 Å². The summed E-state index contributed by atoms with van der Waals surface area (Å²) >= 11 is 5.80. The van der Waals surface area contributed by atoms with Gasteiger partial charge in [0.05, 0.1) is 0 Å². The van der Waals surface area contributed by atoms with Gasteiger partial charge >= 0.3 is 0 Å². The summed E-state index contributed by atoms with van der Waals surface area (Å²) in [4.78, 5) is 0. The molecular formula is C11H13Cl. The standard InChI is InChI=1S/C9H7Cl.C2H6/c1-3-8-5-4-7(2)9(10)6-8;1-2/h1,4-6H,2H3;1-2H3. The zero-order chi connectivity index (χ0) is 9.56. The van der Waals surface area contributed by atoms with Crippen LogP contribution in [-0.2, 0) is 0 Å². The minimum atomic E-state index is 0.732. The van der Waals surface area contributed by atoms with Crippen LogP contribution in [-0.4, -0.2) is 0 Å². The number of rotatable bonds is 0. The molecule has 1 rings (SSSR count). The zero-order valence-corrected chi connectivity index (χ0v) is 8.44. The second kappa shape index (κ2) is 5.69. The molecular weight excluding hydrogens is 168 g/mol. The minimum Gasteiger partial charge on any atom is -0.115 e. The van der Waals surface area contributed by atoms with Crippen LogP contribution in [0.25, 0.3) is 0 Å². The lowest BCUT2D eigenvalue weighted by Gasteiger charge is -1.95. The summed E-state index contributed by atoms with van der Waals surface area (Å²) in [6.07, 6.45) is 5.16. The van der Waals surface area contributed by atoms with E-state index in [0.717, 1.165) is 16.1 Å². The molecule has 0 aliphatic carbocycles. The van der Waals surface area contributed by atoms with Gasteiger partial charge in [-0.05, 0) is 24.6 Å². The molecule has 12 heavy (non-hydrogen) atoms. The van der Waals surface area contributed by atoms with Crippen molar-refractivity contribution in [2.45, 2.75) is 20.8 Å². The summed E-state index contributed by atoms with van der Waals surface area (Å²) in [5, 5.41) is 0.732. The number of terminal acetylenes is 1. The molecule has 0 N–H and O–H groups in total. The lowest BCUT2D eigenvalue weighted by molar-refractivity contribution is 1.46. The highest BCUT2D eigenvalue weighted by Crippen LogP contribution is 2.15. The first-order valence-electron chi connectivity index (χ1n) is 3.97. The fraction of sp³-hybridized carbons (Fsp3) is 0.273. The van der Waals surface area contributed by atoms with Crippen molar-refractivity contribution in [2.24, 2.45) is 0 Å². The maximum Gasteiger partial charge on any atom is 0.0447 e. The van der Waals surface area contributed by atoms with E-state index in [1.807, 2.05) is 32.9 Å². The van der Waals surface area contributed by atoms with Gasteiger partial charge in [0.1, 0.15) is 0 Å². The minimum absolute atomic E-state index is 0.732. The Balaban J connectivity index is 0.000000561. The third-order valence-corrected chi connectivity index (χ3v) is 1.75. The maximum absolute atomic E-state index is 5.80. The van der Waals surface area contributed by atoms with E-state index >= 15 is 0 Å². The maximum atomic E-state index is 5.80. The quantitative estimate of drug-likeness (QED) is 0.535. The van der Waals surface area contributed by atoms with Gasteiger partial charge in [-0.1, -0.05) is 37.4 Å². The van der Waals surface area contributed by atoms with Crippen LogP contribution in [0.15, 0.2) is 18.2 Å². The molecule has 0 aliphatic rings. The molecule has 0 atom stereocenters. The van der Waals surface area contributed by atoms with Crippen LogP contribution in [0.3, 0.4) is 0 Å². The molecule has 0 spiro atoms. The van der Waals surface area contributed by atoms with Crippen molar-refractivity contribution in [3.63, 3.8) is 0 Å². The van der Waals surface area contributed by atoms with Crippen molar-refractivity contribution in [3.8, 4) is 12.3 Å². The molecule has 0 bridgehead atoms. The van der Waals surface area contributed by atoms with Crippen molar-refractivity contribution >= 4 is 11.6 Å². The number of hydrogen-bond acceptors (Lipinski definition) is 0. The topological polar surface area (TPSA) is 0 Å². The molecule has 0 heterocycles. The van der Waals surface area contributed by atoms with Crippen molar-refractivity contribution in [1.82, 2.24) is 0 Å². The lowest BCUT2D eigenvalue weighted by Crippen LogP contribution is -1.76. The van der Waals surface area contributed by atoms with Crippen molar-refractivity contribution < 1.29 is 0 Å². The molecule has 0 aromatic heterocycles. The first-order chi connectivity index (χ1) is 5.74. The van der Waals surface area contributed by atoms with Crippen LogP contribution in [0.4, 0.5) is 0 Å². The Labute approximate surface area is 79.6 Å². The first kappa shape index (κ1) is 11.1. The Morgan fingerprint density at radius 1 is 1.33 bits per heavy atom. The summed E-state index contributed by atoms with van der Waals surface area (Å²) in [6.45, 7) is 5.95. The average Bonchev–Trinajstić information content (AvgIpc) is 2.13. The summed E-state index contributed by atoms with van der Waals surface area (Å²) in [6, 6.07) is 5.58. The smallest absolute Gasteiger partial charge is 0.0447 e. The summed E-state index contributed by atoms with van der Waals surface area (Å²) in [5.74, 6) is 2.51. The van der Waals surface area contributed by atoms with Gasteiger partial charge in [0.15, 0.2) is 0 Å². The Kier molecular flexibility index (Phi) is 5.25. The van der Waals surface area contributed by atoms with Crippen molar-refractivity contribution in [2.75, 3.05) is 0 Å². The molecule has 0 amide bonds. The first-order valence-corrected chi connectivity index (χ1v) is 4.34. The largest absolute Gasteiger partial charge is 0.115 e. The zero-order valence-electron chi connectivity index (χ0n) is 7.69. The molecule has 1 aromatic carbocycles. The summed E-state index contributed by atoms with van der Waals surface area (Å²) in [7, 11) is 0. The Bertz CT molecular complexity index is 282. The molecule has 1 heteroatoms. The van der Waals surface area contributed by atoms with Gasteiger partial charge in [-0.15, -0.1) is 6.42 Å². The van der Waals surface area contributed by atoms with Gasteiger partial charge < -0.3 is 0 Å². The van der Waals surface area contributed by atoms with Crippen LogP contribution in [0.5, 0.6) is 0 Å².